The first-order valence-electron chi connectivity index (χ1n) is 6.35. The van der Waals surface area contributed by atoms with E-state index in [0.29, 0.717) is 6.42 Å². The van der Waals surface area contributed by atoms with E-state index in [1.54, 1.807) is 17.8 Å². The molecule has 2 fully saturated rings. The number of thioether (sulfide) groups is 1. The summed E-state index contributed by atoms with van der Waals surface area (Å²) in [4.78, 5) is 11.7. The Labute approximate surface area is 112 Å². The smallest absolute Gasteiger partial charge is 0.222 e. The number of nitrogens with one attached hydrogen (secondary N) is 1. The van der Waals surface area contributed by atoms with Gasteiger partial charge in [-0.1, -0.05) is 6.08 Å². The number of ether oxygens (including phenoxy) is 2. The Bertz CT molecular complexity index is 317. The zero-order valence-corrected chi connectivity index (χ0v) is 11.6. The predicted octanol–water partition coefficient (Wildman–Crippen LogP) is 1.36. The zero-order valence-electron chi connectivity index (χ0n) is 10.8. The predicted molar refractivity (Wildman–Crippen MR) is 72.8 cm³/mol. The molecule has 4 nitrogen and oxygen atoms in total. The van der Waals surface area contributed by atoms with E-state index in [4.69, 9.17) is 9.47 Å². The minimum atomic E-state index is -0.0430. The molecule has 2 aliphatic heterocycles. The minimum Gasteiger partial charge on any atom is -0.370 e. The lowest BCUT2D eigenvalue weighted by Gasteiger charge is -2.32. The lowest BCUT2D eigenvalue weighted by atomic mass is 9.90. The van der Waals surface area contributed by atoms with Crippen LogP contribution in [0.1, 0.15) is 19.3 Å². The lowest BCUT2D eigenvalue weighted by Crippen LogP contribution is -2.40. The van der Waals surface area contributed by atoms with E-state index >= 15 is 0 Å². The van der Waals surface area contributed by atoms with Crippen molar-refractivity contribution < 1.29 is 14.3 Å². The fourth-order valence-corrected chi connectivity index (χ4v) is 2.68. The fourth-order valence-electron chi connectivity index (χ4n) is 2.38. The zero-order chi connectivity index (χ0) is 13.0. The summed E-state index contributed by atoms with van der Waals surface area (Å²) in [6.45, 7) is 5.29. The topological polar surface area (TPSA) is 50.9 Å². The van der Waals surface area contributed by atoms with Gasteiger partial charge in [-0.3, -0.25) is 4.79 Å². The summed E-state index contributed by atoms with van der Waals surface area (Å²) in [6.07, 6.45) is 5.93. The van der Waals surface area contributed by atoms with Crippen molar-refractivity contribution in [3.63, 3.8) is 0 Å². The van der Waals surface area contributed by atoms with Gasteiger partial charge in [0, 0.05) is 25.1 Å². The van der Waals surface area contributed by atoms with Crippen LogP contribution in [0.3, 0.4) is 0 Å². The molecule has 1 N–H and O–H groups in total. The first-order chi connectivity index (χ1) is 8.67. The molecule has 0 bridgehead atoms. The SMILES string of the molecule is C=C[C@@H]1C[C@]2(CO2)CC(CC(=O)NCCSC)O1. The molecule has 2 heterocycles. The molecule has 1 spiro atoms. The van der Waals surface area contributed by atoms with Gasteiger partial charge < -0.3 is 14.8 Å². The van der Waals surface area contributed by atoms with E-state index in [1.807, 2.05) is 6.26 Å². The van der Waals surface area contributed by atoms with Gasteiger partial charge in [0.25, 0.3) is 0 Å². The molecular weight excluding hydrogens is 250 g/mol. The Kier molecular flexibility index (Phi) is 4.70. The fraction of sp³-hybridized carbons (Fsp3) is 0.769. The van der Waals surface area contributed by atoms with Crippen molar-refractivity contribution in [1.82, 2.24) is 5.32 Å². The van der Waals surface area contributed by atoms with Gasteiger partial charge in [-0.05, 0) is 6.26 Å². The minimum absolute atomic E-state index is 0.0187. The van der Waals surface area contributed by atoms with E-state index in [9.17, 15) is 4.79 Å². The molecule has 0 aliphatic carbocycles. The van der Waals surface area contributed by atoms with Crippen molar-refractivity contribution in [2.24, 2.45) is 0 Å². The average molecular weight is 271 g/mol. The van der Waals surface area contributed by atoms with Crippen molar-refractivity contribution in [2.45, 2.75) is 37.1 Å². The molecule has 102 valence electrons. The molecule has 0 saturated carbocycles. The van der Waals surface area contributed by atoms with E-state index in [0.717, 1.165) is 31.7 Å². The number of carbonyl (C=O) groups excluding carboxylic acids is 1. The molecule has 2 saturated heterocycles. The second kappa shape index (κ2) is 6.08. The highest BCUT2D eigenvalue weighted by atomic mass is 32.2. The number of carbonyl (C=O) groups is 1. The van der Waals surface area contributed by atoms with E-state index in [-0.39, 0.29) is 23.7 Å². The molecule has 2 rings (SSSR count). The van der Waals surface area contributed by atoms with E-state index in [2.05, 4.69) is 11.9 Å². The monoisotopic (exact) mass is 271 g/mol. The highest BCUT2D eigenvalue weighted by Crippen LogP contribution is 2.42. The van der Waals surface area contributed by atoms with Gasteiger partial charge in [0.2, 0.25) is 5.91 Å². The quantitative estimate of drug-likeness (QED) is 0.450. The average Bonchev–Trinajstić information content (AvgIpc) is 3.07. The second-order valence-electron chi connectivity index (χ2n) is 4.96. The van der Waals surface area contributed by atoms with Crippen molar-refractivity contribution in [3.8, 4) is 0 Å². The van der Waals surface area contributed by atoms with Crippen LogP contribution in [0, 0.1) is 0 Å². The number of rotatable bonds is 6. The summed E-state index contributed by atoms with van der Waals surface area (Å²) >= 11 is 1.72. The first kappa shape index (κ1) is 13.9. The van der Waals surface area contributed by atoms with Crippen LogP contribution in [-0.4, -0.2) is 48.9 Å². The van der Waals surface area contributed by atoms with Gasteiger partial charge in [0.15, 0.2) is 0 Å². The molecule has 1 amide bonds. The van der Waals surface area contributed by atoms with Crippen molar-refractivity contribution in [1.29, 1.82) is 0 Å². The van der Waals surface area contributed by atoms with Gasteiger partial charge in [-0.15, -0.1) is 6.58 Å². The van der Waals surface area contributed by atoms with Gasteiger partial charge in [-0.25, -0.2) is 0 Å². The number of amides is 1. The third kappa shape index (κ3) is 3.73. The third-order valence-corrected chi connectivity index (χ3v) is 4.01. The Morgan fingerprint density at radius 3 is 3.00 bits per heavy atom. The second-order valence-corrected chi connectivity index (χ2v) is 5.94. The summed E-state index contributed by atoms with van der Waals surface area (Å²) in [5, 5.41) is 2.91. The highest BCUT2D eigenvalue weighted by Gasteiger charge is 2.51. The standard InChI is InChI=1S/C13H21NO3S/c1-3-10-7-13(9-16-13)8-11(17-10)6-12(15)14-4-5-18-2/h3,10-11H,1,4-9H2,2H3,(H,14,15)/t10-,11?,13-/m1/s1. The molecule has 1 unspecified atom stereocenters. The van der Waals surface area contributed by atoms with Crippen molar-refractivity contribution in [2.75, 3.05) is 25.2 Å². The van der Waals surface area contributed by atoms with Gasteiger partial charge >= 0.3 is 0 Å². The molecule has 2 aliphatic rings. The lowest BCUT2D eigenvalue weighted by molar-refractivity contribution is -0.127. The van der Waals surface area contributed by atoms with Crippen LogP contribution in [0.5, 0.6) is 0 Å². The van der Waals surface area contributed by atoms with Crippen LogP contribution in [0.2, 0.25) is 0 Å². The maximum atomic E-state index is 11.7. The maximum Gasteiger partial charge on any atom is 0.222 e. The molecule has 3 atom stereocenters. The summed E-state index contributed by atoms with van der Waals surface area (Å²) in [7, 11) is 0. The van der Waals surface area contributed by atoms with Crippen LogP contribution in [0.4, 0.5) is 0 Å². The van der Waals surface area contributed by atoms with Crippen LogP contribution in [0.15, 0.2) is 12.7 Å². The largest absolute Gasteiger partial charge is 0.370 e. The summed E-state index contributed by atoms with van der Waals surface area (Å²) in [6, 6.07) is 0. The Hall–Kier alpha value is -0.520. The van der Waals surface area contributed by atoms with Gasteiger partial charge in [-0.2, -0.15) is 11.8 Å². The Morgan fingerprint density at radius 2 is 2.39 bits per heavy atom. The first-order valence-corrected chi connectivity index (χ1v) is 7.74. The van der Waals surface area contributed by atoms with Gasteiger partial charge in [0.05, 0.1) is 30.8 Å². The van der Waals surface area contributed by atoms with Crippen LogP contribution in [0.25, 0.3) is 0 Å². The summed E-state index contributed by atoms with van der Waals surface area (Å²) in [5.74, 6) is 1.01. The molecule has 0 radical (unpaired) electrons. The number of epoxide rings is 1. The highest BCUT2D eigenvalue weighted by molar-refractivity contribution is 7.98. The Morgan fingerprint density at radius 1 is 1.61 bits per heavy atom. The maximum absolute atomic E-state index is 11.7. The van der Waals surface area contributed by atoms with Crippen LogP contribution >= 0.6 is 11.8 Å². The molecule has 18 heavy (non-hydrogen) atoms. The normalized spacial score (nSPS) is 34.3. The Balaban J connectivity index is 1.77. The molecular formula is C13H21NO3S. The van der Waals surface area contributed by atoms with Crippen LogP contribution < -0.4 is 5.32 Å². The third-order valence-electron chi connectivity index (χ3n) is 3.40. The molecule has 0 aromatic heterocycles. The van der Waals surface area contributed by atoms with Crippen molar-refractivity contribution >= 4 is 17.7 Å². The summed E-state index contributed by atoms with van der Waals surface area (Å²) < 4.78 is 11.3. The van der Waals surface area contributed by atoms with Crippen LogP contribution in [-0.2, 0) is 14.3 Å². The number of hydrogen-bond acceptors (Lipinski definition) is 4. The summed E-state index contributed by atoms with van der Waals surface area (Å²) in [5.41, 5.74) is -0.0265. The molecule has 5 heteroatoms. The van der Waals surface area contributed by atoms with E-state index < -0.39 is 0 Å². The number of hydrogen-bond donors (Lipinski definition) is 1. The molecule has 0 aromatic carbocycles. The van der Waals surface area contributed by atoms with Crippen molar-refractivity contribution in [3.05, 3.63) is 12.7 Å². The molecule has 0 aromatic rings. The van der Waals surface area contributed by atoms with E-state index in [1.165, 1.54) is 0 Å². The van der Waals surface area contributed by atoms with Gasteiger partial charge in [0.1, 0.15) is 0 Å².